The molecule has 43 heavy (non-hydrogen) atoms. The normalized spacial score (nSPS) is 14.7. The van der Waals surface area contributed by atoms with Crippen molar-refractivity contribution in [2.24, 2.45) is 0 Å². The van der Waals surface area contributed by atoms with E-state index in [2.05, 4.69) is 64.3 Å². The van der Waals surface area contributed by atoms with Gasteiger partial charge in [-0.1, -0.05) is 18.2 Å². The maximum Gasteiger partial charge on any atom is 0.225 e. The minimum Gasteiger partial charge on any atom is -0.464 e. The fourth-order valence-electron chi connectivity index (χ4n) is 5.54. The summed E-state index contributed by atoms with van der Waals surface area (Å²) in [6.07, 6.45) is 5.65. The highest BCUT2D eigenvalue weighted by Gasteiger charge is 2.19. The van der Waals surface area contributed by atoms with Gasteiger partial charge in [0.05, 0.1) is 18.6 Å². The monoisotopic (exact) mass is 577 g/mol. The van der Waals surface area contributed by atoms with Crippen molar-refractivity contribution in [3.63, 3.8) is 0 Å². The fraction of sp³-hybridized carbons (Fsp3) is 0.353. The molecule has 3 aromatic heterocycles. The minimum absolute atomic E-state index is 0.0277. The van der Waals surface area contributed by atoms with E-state index in [0.717, 1.165) is 102 Å². The molecule has 0 spiro atoms. The highest BCUT2D eigenvalue weighted by Crippen LogP contribution is 2.29. The van der Waals surface area contributed by atoms with Crippen LogP contribution in [0.15, 0.2) is 71.6 Å². The van der Waals surface area contributed by atoms with E-state index in [1.54, 1.807) is 6.26 Å². The molecule has 6 rings (SSSR count). The summed E-state index contributed by atoms with van der Waals surface area (Å²) in [7, 11) is 0. The first-order valence-corrected chi connectivity index (χ1v) is 15.0. The summed E-state index contributed by atoms with van der Waals surface area (Å²) in [6, 6.07) is 16.7. The van der Waals surface area contributed by atoms with Crippen molar-refractivity contribution in [1.29, 1.82) is 0 Å². The van der Waals surface area contributed by atoms with Gasteiger partial charge in [-0.25, -0.2) is 19.9 Å². The molecule has 1 saturated heterocycles. The standard InChI is InChI=1S/C34H39N7O2/c1-5-42-16-15-40-11-13-41(14-12-40)34-35-20-29(21-36-34)27-8-6-7-26(17-27)24(3)37-33-19-31(38-25(4)39-33)28-9-10-32-30(18-28)23(2)22-43-32/h6-10,17-22,24H,5,11-16H2,1-4H3,(H,37,38,39)/t24-/m0/s1. The number of benzene rings is 2. The number of aryl methyl sites for hydroxylation is 2. The SMILES string of the molecule is CCOCCN1CCN(c2ncc(-c3cccc([C@H](C)Nc4cc(-c5ccc6occ(C)c6c5)nc(C)n4)c3)cn2)CC1. The number of nitrogens with zero attached hydrogens (tertiary/aromatic N) is 6. The molecule has 1 aliphatic heterocycles. The van der Waals surface area contributed by atoms with E-state index in [9.17, 15) is 0 Å². The van der Waals surface area contributed by atoms with Gasteiger partial charge in [0.15, 0.2) is 0 Å². The molecule has 5 aromatic rings. The summed E-state index contributed by atoms with van der Waals surface area (Å²) in [4.78, 5) is 23.5. The van der Waals surface area contributed by atoms with Crippen molar-refractivity contribution in [2.45, 2.75) is 33.7 Å². The van der Waals surface area contributed by atoms with E-state index in [1.807, 2.05) is 44.4 Å². The molecule has 0 amide bonds. The Labute approximate surface area is 253 Å². The maximum absolute atomic E-state index is 5.62. The third-order valence-corrected chi connectivity index (χ3v) is 8.03. The predicted molar refractivity (Wildman–Crippen MR) is 171 cm³/mol. The largest absolute Gasteiger partial charge is 0.464 e. The molecular weight excluding hydrogens is 538 g/mol. The third-order valence-electron chi connectivity index (χ3n) is 8.03. The first-order valence-electron chi connectivity index (χ1n) is 15.0. The van der Waals surface area contributed by atoms with Gasteiger partial charge in [-0.15, -0.1) is 0 Å². The first-order chi connectivity index (χ1) is 21.0. The number of aromatic nitrogens is 4. The van der Waals surface area contributed by atoms with Crippen LogP contribution in [0.5, 0.6) is 0 Å². The van der Waals surface area contributed by atoms with E-state index >= 15 is 0 Å². The number of hydrogen-bond acceptors (Lipinski definition) is 9. The lowest BCUT2D eigenvalue weighted by atomic mass is 10.0. The smallest absolute Gasteiger partial charge is 0.225 e. The van der Waals surface area contributed by atoms with Crippen molar-refractivity contribution in [3.8, 4) is 22.4 Å². The van der Waals surface area contributed by atoms with E-state index in [4.69, 9.17) is 24.1 Å². The molecule has 4 heterocycles. The number of anilines is 2. The van der Waals surface area contributed by atoms with Gasteiger partial charge in [-0.2, -0.15) is 0 Å². The molecule has 1 atom stereocenters. The van der Waals surface area contributed by atoms with Crippen molar-refractivity contribution in [3.05, 3.63) is 84.1 Å². The number of nitrogens with one attached hydrogen (secondary N) is 1. The molecule has 2 aromatic carbocycles. The second kappa shape index (κ2) is 12.9. The van der Waals surface area contributed by atoms with Crippen LogP contribution >= 0.6 is 0 Å². The summed E-state index contributed by atoms with van der Waals surface area (Å²) in [5.74, 6) is 2.29. The third kappa shape index (κ3) is 6.68. The van der Waals surface area contributed by atoms with Crippen molar-refractivity contribution < 1.29 is 9.15 Å². The summed E-state index contributed by atoms with van der Waals surface area (Å²) < 4.78 is 11.1. The molecule has 0 unspecified atom stereocenters. The highest BCUT2D eigenvalue weighted by molar-refractivity contribution is 5.85. The lowest BCUT2D eigenvalue weighted by Crippen LogP contribution is -2.47. The molecule has 9 nitrogen and oxygen atoms in total. The van der Waals surface area contributed by atoms with Gasteiger partial charge in [0.25, 0.3) is 0 Å². The van der Waals surface area contributed by atoms with Crippen LogP contribution in [-0.2, 0) is 4.74 Å². The molecule has 222 valence electrons. The lowest BCUT2D eigenvalue weighted by Gasteiger charge is -2.34. The number of fused-ring (bicyclic) bond motifs is 1. The van der Waals surface area contributed by atoms with E-state index in [0.29, 0.717) is 5.82 Å². The van der Waals surface area contributed by atoms with E-state index in [1.165, 1.54) is 0 Å². The predicted octanol–water partition coefficient (Wildman–Crippen LogP) is 6.30. The first kappa shape index (κ1) is 28.8. The van der Waals surface area contributed by atoms with Gasteiger partial charge >= 0.3 is 0 Å². The summed E-state index contributed by atoms with van der Waals surface area (Å²) >= 11 is 0. The van der Waals surface area contributed by atoms with Gasteiger partial charge in [0, 0.05) is 80.3 Å². The zero-order chi connectivity index (χ0) is 29.8. The summed E-state index contributed by atoms with van der Waals surface area (Å²) in [5, 5.41) is 4.68. The van der Waals surface area contributed by atoms with Crippen LogP contribution < -0.4 is 10.2 Å². The topological polar surface area (TPSA) is 92.4 Å². The quantitative estimate of drug-likeness (QED) is 0.192. The Balaban J connectivity index is 1.12. The Morgan fingerprint density at radius 1 is 0.930 bits per heavy atom. The van der Waals surface area contributed by atoms with Crippen LogP contribution in [0.2, 0.25) is 0 Å². The summed E-state index contributed by atoms with van der Waals surface area (Å²) in [5.41, 5.74) is 7.14. The van der Waals surface area contributed by atoms with Crippen LogP contribution in [0, 0.1) is 13.8 Å². The molecule has 1 aliphatic rings. The second-order valence-electron chi connectivity index (χ2n) is 11.1. The average molecular weight is 578 g/mol. The molecule has 1 fully saturated rings. The zero-order valence-corrected chi connectivity index (χ0v) is 25.4. The van der Waals surface area contributed by atoms with Crippen LogP contribution in [-0.4, -0.2) is 70.8 Å². The molecule has 1 N–H and O–H groups in total. The minimum atomic E-state index is 0.0277. The summed E-state index contributed by atoms with van der Waals surface area (Å²) in [6.45, 7) is 14.5. The Kier molecular flexibility index (Phi) is 8.62. The molecule has 0 aliphatic carbocycles. The second-order valence-corrected chi connectivity index (χ2v) is 11.1. The Morgan fingerprint density at radius 2 is 1.74 bits per heavy atom. The number of hydrogen-bond donors (Lipinski definition) is 1. The van der Waals surface area contributed by atoms with Crippen LogP contribution in [0.1, 0.15) is 36.8 Å². The number of rotatable bonds is 10. The van der Waals surface area contributed by atoms with Crippen LogP contribution in [0.4, 0.5) is 11.8 Å². The molecule has 0 radical (unpaired) electrons. The number of ether oxygens (including phenoxy) is 1. The fourth-order valence-corrected chi connectivity index (χ4v) is 5.54. The molecular formula is C34H39N7O2. The Hall–Kier alpha value is -4.34. The average Bonchev–Trinajstić information content (AvgIpc) is 3.41. The molecule has 9 heteroatoms. The van der Waals surface area contributed by atoms with E-state index < -0.39 is 0 Å². The maximum atomic E-state index is 5.62. The van der Waals surface area contributed by atoms with Gasteiger partial charge < -0.3 is 19.4 Å². The Morgan fingerprint density at radius 3 is 2.53 bits per heavy atom. The zero-order valence-electron chi connectivity index (χ0n) is 25.4. The molecule has 0 saturated carbocycles. The lowest BCUT2D eigenvalue weighted by molar-refractivity contribution is 0.111. The highest BCUT2D eigenvalue weighted by atomic mass is 16.5. The van der Waals surface area contributed by atoms with Crippen molar-refractivity contribution in [1.82, 2.24) is 24.8 Å². The van der Waals surface area contributed by atoms with Gasteiger partial charge in [-0.05, 0) is 68.7 Å². The van der Waals surface area contributed by atoms with E-state index in [-0.39, 0.29) is 6.04 Å². The van der Waals surface area contributed by atoms with Crippen molar-refractivity contribution in [2.75, 3.05) is 56.2 Å². The number of piperazine rings is 1. The Bertz CT molecular complexity index is 1680. The van der Waals surface area contributed by atoms with Crippen LogP contribution in [0.25, 0.3) is 33.4 Å². The molecule has 0 bridgehead atoms. The number of furan rings is 1. The van der Waals surface area contributed by atoms with Crippen molar-refractivity contribution >= 4 is 22.7 Å². The van der Waals surface area contributed by atoms with Gasteiger partial charge in [0.1, 0.15) is 17.2 Å². The van der Waals surface area contributed by atoms with Gasteiger partial charge in [0.2, 0.25) is 5.95 Å². The van der Waals surface area contributed by atoms with Crippen LogP contribution in [0.3, 0.4) is 0 Å². The van der Waals surface area contributed by atoms with Gasteiger partial charge in [-0.3, -0.25) is 4.90 Å².